The Bertz CT molecular complexity index is 1310. The third kappa shape index (κ3) is 4.73. The van der Waals surface area contributed by atoms with Gasteiger partial charge in [0.1, 0.15) is 17.3 Å². The molecule has 0 radical (unpaired) electrons. The Morgan fingerprint density at radius 3 is 2.59 bits per heavy atom. The number of hydrogen-bond acceptors (Lipinski definition) is 4. The monoisotopic (exact) mass is 543 g/mol. The zero-order valence-electron chi connectivity index (χ0n) is 20.4. The number of piperidine rings is 1. The molecule has 3 heterocycles. The normalized spacial score (nSPS) is 24.9. The molecule has 3 aromatic rings. The van der Waals surface area contributed by atoms with Crippen molar-refractivity contribution in [3.05, 3.63) is 69.7 Å². The Morgan fingerprint density at radius 2 is 1.89 bits per heavy atom. The van der Waals surface area contributed by atoms with Crippen molar-refractivity contribution in [3.63, 3.8) is 0 Å². The Labute approximate surface area is 225 Å². The molecule has 2 unspecified atom stereocenters. The second-order valence-electron chi connectivity index (χ2n) is 10.4. The van der Waals surface area contributed by atoms with Crippen LogP contribution >= 0.6 is 23.2 Å². The van der Waals surface area contributed by atoms with E-state index in [2.05, 4.69) is 17.4 Å². The second kappa shape index (κ2) is 9.93. The van der Waals surface area contributed by atoms with E-state index in [9.17, 15) is 9.18 Å². The number of rotatable bonds is 6. The maximum Gasteiger partial charge on any atom is 0.322 e. The first-order valence-corrected chi connectivity index (χ1v) is 13.5. The lowest BCUT2D eigenvalue weighted by molar-refractivity contribution is -0.0181. The zero-order valence-corrected chi connectivity index (χ0v) is 21.9. The van der Waals surface area contributed by atoms with Crippen LogP contribution in [-0.4, -0.2) is 34.3 Å². The van der Waals surface area contributed by atoms with Gasteiger partial charge in [0.25, 0.3) is 0 Å². The number of amides is 2. The summed E-state index contributed by atoms with van der Waals surface area (Å²) in [4.78, 5) is 15.0. The molecule has 2 amide bonds. The molecule has 1 aromatic heterocycles. The van der Waals surface area contributed by atoms with Gasteiger partial charge in [-0.1, -0.05) is 53.5 Å². The molecular weight excluding hydrogens is 516 g/mol. The average molecular weight is 544 g/mol. The minimum Gasteiger partial charge on any atom is -0.373 e. The fourth-order valence-electron chi connectivity index (χ4n) is 5.91. The van der Waals surface area contributed by atoms with Crippen molar-refractivity contribution < 1.29 is 18.4 Å². The summed E-state index contributed by atoms with van der Waals surface area (Å²) < 4.78 is 26.4. The number of halogens is 3. The first-order valence-electron chi connectivity index (χ1n) is 12.8. The summed E-state index contributed by atoms with van der Waals surface area (Å²) in [6.45, 7) is 2.51. The summed E-state index contributed by atoms with van der Waals surface area (Å²) >= 11 is 13.0. The van der Waals surface area contributed by atoms with E-state index in [0.717, 1.165) is 37.0 Å². The molecule has 4 atom stereocenters. The predicted molar refractivity (Wildman–Crippen MR) is 140 cm³/mol. The molecule has 2 aromatic carbocycles. The van der Waals surface area contributed by atoms with Crippen LogP contribution in [0.4, 0.5) is 14.9 Å². The molecule has 6 nitrogen and oxygen atoms in total. The number of para-hydroxylation sites is 1. The van der Waals surface area contributed by atoms with Crippen molar-refractivity contribution in [1.82, 2.24) is 10.1 Å². The van der Waals surface area contributed by atoms with Crippen LogP contribution < -0.4 is 5.32 Å². The van der Waals surface area contributed by atoms with Gasteiger partial charge in [-0.2, -0.15) is 0 Å². The molecule has 9 heteroatoms. The highest BCUT2D eigenvalue weighted by Crippen LogP contribution is 2.47. The van der Waals surface area contributed by atoms with Crippen LogP contribution in [0.3, 0.4) is 0 Å². The van der Waals surface area contributed by atoms with Crippen LogP contribution in [0.5, 0.6) is 0 Å². The number of hydrogen-bond donors (Lipinski definition) is 1. The van der Waals surface area contributed by atoms with Gasteiger partial charge in [0, 0.05) is 29.1 Å². The van der Waals surface area contributed by atoms with Crippen molar-refractivity contribution in [2.75, 3.05) is 5.32 Å². The molecule has 3 fully saturated rings. The van der Waals surface area contributed by atoms with Gasteiger partial charge in [-0.25, -0.2) is 9.18 Å². The van der Waals surface area contributed by atoms with Crippen LogP contribution in [-0.2, 0) is 11.3 Å². The number of anilines is 1. The van der Waals surface area contributed by atoms with Gasteiger partial charge in [0.2, 0.25) is 0 Å². The molecule has 3 aliphatic rings. The number of fused-ring (bicyclic) bond motifs is 2. The summed E-state index contributed by atoms with van der Waals surface area (Å²) in [6, 6.07) is 11.4. The standard InChI is InChI=1S/C28H28Cl2FN3O3/c1-15-11-17-12-18(13-24(15)34(17)28(35)32-23-8-3-2-7-22(23)31)36-14-19-26(33-37-27(19)16-9-10-16)25-20(29)5-4-6-21(25)30/h2-8,15-18,24H,9-14H2,1H3,(H,32,35)/t15-,17?,18+,24?/m1/s1. The molecule has 0 spiro atoms. The van der Waals surface area contributed by atoms with Crippen LogP contribution in [0.1, 0.15) is 56.3 Å². The maximum absolute atomic E-state index is 14.1. The lowest BCUT2D eigenvalue weighted by Gasteiger charge is -2.39. The van der Waals surface area contributed by atoms with Gasteiger partial charge < -0.3 is 19.5 Å². The topological polar surface area (TPSA) is 67.6 Å². The van der Waals surface area contributed by atoms with E-state index in [-0.39, 0.29) is 29.9 Å². The molecule has 1 N–H and O–H groups in total. The molecule has 2 bridgehead atoms. The number of urea groups is 1. The number of benzene rings is 2. The van der Waals surface area contributed by atoms with Gasteiger partial charge in [0.05, 0.1) is 28.4 Å². The molecule has 2 aliphatic heterocycles. The van der Waals surface area contributed by atoms with Gasteiger partial charge in [-0.3, -0.25) is 0 Å². The van der Waals surface area contributed by atoms with Crippen LogP contribution in [0.15, 0.2) is 47.0 Å². The third-order valence-corrected chi connectivity index (χ3v) is 8.50. The van der Waals surface area contributed by atoms with Crippen LogP contribution in [0, 0.1) is 11.7 Å². The van der Waals surface area contributed by atoms with Gasteiger partial charge in [-0.15, -0.1) is 0 Å². The van der Waals surface area contributed by atoms with E-state index in [1.54, 1.807) is 36.4 Å². The Balaban J connectivity index is 1.18. The van der Waals surface area contributed by atoms with Crippen LogP contribution in [0.2, 0.25) is 10.0 Å². The number of carbonyl (C=O) groups is 1. The number of nitrogens with one attached hydrogen (secondary N) is 1. The quantitative estimate of drug-likeness (QED) is 0.346. The summed E-state index contributed by atoms with van der Waals surface area (Å²) in [5.41, 5.74) is 2.39. The molecule has 194 valence electrons. The highest BCUT2D eigenvalue weighted by Gasteiger charge is 2.48. The van der Waals surface area contributed by atoms with Crippen molar-refractivity contribution >= 4 is 34.9 Å². The third-order valence-electron chi connectivity index (χ3n) is 7.87. The van der Waals surface area contributed by atoms with Crippen molar-refractivity contribution in [2.45, 2.75) is 69.7 Å². The highest BCUT2D eigenvalue weighted by molar-refractivity contribution is 6.39. The minimum atomic E-state index is -0.441. The van der Waals surface area contributed by atoms with E-state index in [0.29, 0.717) is 46.2 Å². The number of nitrogens with zero attached hydrogens (tertiary/aromatic N) is 2. The van der Waals surface area contributed by atoms with Gasteiger partial charge in [-0.05, 0) is 62.3 Å². The number of carbonyl (C=O) groups excluding carboxylic acids is 1. The van der Waals surface area contributed by atoms with E-state index in [4.69, 9.17) is 32.5 Å². The molecule has 37 heavy (non-hydrogen) atoms. The maximum atomic E-state index is 14.1. The molecule has 1 aliphatic carbocycles. The first-order chi connectivity index (χ1) is 17.9. The molecular formula is C28H28Cl2FN3O3. The number of aromatic nitrogens is 1. The zero-order chi connectivity index (χ0) is 25.7. The fourth-order valence-corrected chi connectivity index (χ4v) is 6.49. The van der Waals surface area contributed by atoms with Crippen molar-refractivity contribution in [3.8, 4) is 11.3 Å². The minimum absolute atomic E-state index is 0.0195. The smallest absolute Gasteiger partial charge is 0.322 e. The number of ether oxygens (including phenoxy) is 1. The second-order valence-corrected chi connectivity index (χ2v) is 11.2. The molecule has 1 saturated carbocycles. The largest absolute Gasteiger partial charge is 0.373 e. The summed E-state index contributed by atoms with van der Waals surface area (Å²) in [7, 11) is 0. The van der Waals surface area contributed by atoms with Gasteiger partial charge in [0.15, 0.2) is 0 Å². The average Bonchev–Trinajstić information content (AvgIpc) is 3.59. The van der Waals surface area contributed by atoms with E-state index in [1.165, 1.54) is 6.07 Å². The van der Waals surface area contributed by atoms with Gasteiger partial charge >= 0.3 is 6.03 Å². The SMILES string of the molecule is C[C@@H]1CC2C[C@H](OCc3c(-c4c(Cl)cccc4Cl)noc3C3CC3)CC1N2C(=O)Nc1ccccc1F. The summed E-state index contributed by atoms with van der Waals surface area (Å²) in [5.74, 6) is 1.09. The van der Waals surface area contributed by atoms with E-state index >= 15 is 0 Å². The molecule has 6 rings (SSSR count). The fraction of sp³-hybridized carbons (Fsp3) is 0.429. The molecule has 2 saturated heterocycles. The van der Waals surface area contributed by atoms with Crippen molar-refractivity contribution in [2.24, 2.45) is 5.92 Å². The summed E-state index contributed by atoms with van der Waals surface area (Å²) in [5, 5.41) is 8.15. The Kier molecular flexibility index (Phi) is 6.63. The van der Waals surface area contributed by atoms with E-state index < -0.39 is 5.82 Å². The van der Waals surface area contributed by atoms with E-state index in [1.807, 2.05) is 4.90 Å². The first kappa shape index (κ1) is 24.7. The Morgan fingerprint density at radius 1 is 1.14 bits per heavy atom. The predicted octanol–water partition coefficient (Wildman–Crippen LogP) is 7.66. The highest BCUT2D eigenvalue weighted by atomic mass is 35.5. The lowest BCUT2D eigenvalue weighted by Crippen LogP contribution is -2.51. The van der Waals surface area contributed by atoms with Crippen LogP contribution in [0.25, 0.3) is 11.3 Å². The van der Waals surface area contributed by atoms with Crippen molar-refractivity contribution in [1.29, 1.82) is 0 Å². The summed E-state index contributed by atoms with van der Waals surface area (Å²) in [6.07, 6.45) is 4.45. The lowest BCUT2D eigenvalue weighted by atomic mass is 9.97. The Hall–Kier alpha value is -2.61.